The third-order valence-corrected chi connectivity index (χ3v) is 2.68. The molecule has 0 bridgehead atoms. The normalized spacial score (nSPS) is 12.1. The first kappa shape index (κ1) is 11.7. The van der Waals surface area contributed by atoms with Crippen molar-refractivity contribution in [2.75, 3.05) is 0 Å². The van der Waals surface area contributed by atoms with Gasteiger partial charge in [0.15, 0.2) is 0 Å². The Hall–Kier alpha value is -1.80. The second-order valence-electron chi connectivity index (χ2n) is 3.83. The number of aromatic nitrogens is 3. The zero-order valence-electron chi connectivity index (χ0n) is 9.41. The Morgan fingerprint density at radius 3 is 2.65 bits per heavy atom. The van der Waals surface area contributed by atoms with Crippen molar-refractivity contribution in [1.82, 2.24) is 15.0 Å². The molecular formula is C12H12N4S. The molecule has 86 valence electrons. The fraction of sp³-hybridized carbons (Fsp3) is 0.250. The average molecular weight is 244 g/mol. The van der Waals surface area contributed by atoms with Crippen molar-refractivity contribution >= 4 is 12.6 Å². The van der Waals surface area contributed by atoms with E-state index in [1.807, 2.05) is 25.3 Å². The highest BCUT2D eigenvalue weighted by Crippen LogP contribution is 2.15. The Labute approximate surface area is 105 Å². The number of benzene rings is 1. The van der Waals surface area contributed by atoms with Crippen LogP contribution in [0.4, 0.5) is 0 Å². The summed E-state index contributed by atoms with van der Waals surface area (Å²) in [5, 5.41) is 16.8. The second-order valence-corrected chi connectivity index (χ2v) is 4.60. The monoisotopic (exact) mass is 244 g/mol. The number of nitriles is 1. The van der Waals surface area contributed by atoms with Crippen LogP contribution in [0.3, 0.4) is 0 Å². The summed E-state index contributed by atoms with van der Waals surface area (Å²) in [6.07, 6.45) is 1.88. The summed E-state index contributed by atoms with van der Waals surface area (Å²) < 4.78 is 1.77. The van der Waals surface area contributed by atoms with Gasteiger partial charge < -0.3 is 0 Å². The first-order valence-electron chi connectivity index (χ1n) is 5.26. The maximum atomic E-state index is 8.70. The summed E-state index contributed by atoms with van der Waals surface area (Å²) >= 11 is 4.30. The van der Waals surface area contributed by atoms with Crippen molar-refractivity contribution in [2.24, 2.45) is 0 Å². The van der Waals surface area contributed by atoms with E-state index in [0.717, 1.165) is 11.3 Å². The van der Waals surface area contributed by atoms with E-state index < -0.39 is 0 Å². The fourth-order valence-electron chi connectivity index (χ4n) is 1.45. The predicted molar refractivity (Wildman–Crippen MR) is 67.7 cm³/mol. The minimum absolute atomic E-state index is 0.0877. The summed E-state index contributed by atoms with van der Waals surface area (Å²) in [6.45, 7) is 2.61. The lowest BCUT2D eigenvalue weighted by atomic mass is 10.1. The van der Waals surface area contributed by atoms with Gasteiger partial charge in [-0.15, -0.1) is 5.10 Å². The molecule has 0 aliphatic rings. The largest absolute Gasteiger partial charge is 0.248 e. The van der Waals surface area contributed by atoms with Gasteiger partial charge >= 0.3 is 0 Å². The van der Waals surface area contributed by atoms with Gasteiger partial charge in [0.2, 0.25) is 0 Å². The van der Waals surface area contributed by atoms with E-state index in [9.17, 15) is 0 Å². The van der Waals surface area contributed by atoms with Crippen molar-refractivity contribution < 1.29 is 0 Å². The van der Waals surface area contributed by atoms with E-state index in [-0.39, 0.29) is 5.25 Å². The summed E-state index contributed by atoms with van der Waals surface area (Å²) in [7, 11) is 0. The van der Waals surface area contributed by atoms with Crippen molar-refractivity contribution in [3.63, 3.8) is 0 Å². The van der Waals surface area contributed by atoms with Crippen LogP contribution in [-0.2, 0) is 6.54 Å². The Morgan fingerprint density at radius 2 is 2.12 bits per heavy atom. The van der Waals surface area contributed by atoms with Gasteiger partial charge in [-0.3, -0.25) is 0 Å². The highest BCUT2D eigenvalue weighted by Gasteiger charge is 2.05. The molecule has 2 rings (SSSR count). The van der Waals surface area contributed by atoms with Crippen LogP contribution in [0.5, 0.6) is 0 Å². The first-order chi connectivity index (χ1) is 8.19. The average Bonchev–Trinajstić information content (AvgIpc) is 2.79. The maximum absolute atomic E-state index is 8.70. The molecule has 0 radical (unpaired) electrons. The molecule has 0 saturated heterocycles. The Balaban J connectivity index is 2.11. The predicted octanol–water partition coefficient (Wildman–Crippen LogP) is 2.19. The summed E-state index contributed by atoms with van der Waals surface area (Å²) in [4.78, 5) is 0. The third-order valence-electron chi connectivity index (χ3n) is 2.41. The molecule has 0 aliphatic carbocycles. The first-order valence-corrected chi connectivity index (χ1v) is 5.78. The molecule has 0 saturated carbocycles. The second kappa shape index (κ2) is 5.02. The van der Waals surface area contributed by atoms with E-state index in [1.165, 1.54) is 0 Å². The lowest BCUT2D eigenvalue weighted by molar-refractivity contribution is 0.649. The van der Waals surface area contributed by atoms with Crippen molar-refractivity contribution in [2.45, 2.75) is 18.7 Å². The van der Waals surface area contributed by atoms with E-state index >= 15 is 0 Å². The highest BCUT2D eigenvalue weighted by atomic mass is 32.1. The highest BCUT2D eigenvalue weighted by molar-refractivity contribution is 7.80. The van der Waals surface area contributed by atoms with Crippen LogP contribution in [0.2, 0.25) is 0 Å². The number of rotatable bonds is 3. The molecule has 0 aliphatic heterocycles. The molecule has 0 amide bonds. The van der Waals surface area contributed by atoms with E-state index in [0.29, 0.717) is 12.1 Å². The number of hydrogen-bond donors (Lipinski definition) is 1. The standard InChI is InChI=1S/C12H12N4S/c1-9(17)12-8-16(15-14-12)7-11-4-2-10(6-13)3-5-11/h2-5,8-9,17H,7H2,1H3/t9-/m0/s1. The molecule has 17 heavy (non-hydrogen) atoms. The third kappa shape index (κ3) is 2.86. The van der Waals surface area contributed by atoms with Crippen LogP contribution >= 0.6 is 12.6 Å². The van der Waals surface area contributed by atoms with Crippen LogP contribution in [0.1, 0.15) is 29.0 Å². The van der Waals surface area contributed by atoms with Gasteiger partial charge in [0.1, 0.15) is 0 Å². The molecule has 1 aromatic heterocycles. The number of hydrogen-bond acceptors (Lipinski definition) is 4. The van der Waals surface area contributed by atoms with E-state index in [4.69, 9.17) is 5.26 Å². The van der Waals surface area contributed by atoms with Crippen molar-refractivity contribution in [1.29, 1.82) is 5.26 Å². The van der Waals surface area contributed by atoms with Gasteiger partial charge in [-0.25, -0.2) is 4.68 Å². The van der Waals surface area contributed by atoms with Crippen LogP contribution in [-0.4, -0.2) is 15.0 Å². The van der Waals surface area contributed by atoms with Gasteiger partial charge in [-0.2, -0.15) is 17.9 Å². The Morgan fingerprint density at radius 1 is 1.41 bits per heavy atom. The molecule has 0 N–H and O–H groups in total. The van der Waals surface area contributed by atoms with Gasteiger partial charge in [0.25, 0.3) is 0 Å². The summed E-state index contributed by atoms with van der Waals surface area (Å²) in [5.74, 6) is 0. The van der Waals surface area contributed by atoms with Gasteiger partial charge in [-0.1, -0.05) is 17.3 Å². The van der Waals surface area contributed by atoms with Crippen LogP contribution in [0.15, 0.2) is 30.5 Å². The van der Waals surface area contributed by atoms with Crippen molar-refractivity contribution in [3.05, 3.63) is 47.3 Å². The zero-order valence-corrected chi connectivity index (χ0v) is 10.3. The quantitative estimate of drug-likeness (QED) is 0.842. The van der Waals surface area contributed by atoms with Gasteiger partial charge in [0, 0.05) is 11.4 Å². The van der Waals surface area contributed by atoms with Crippen molar-refractivity contribution in [3.8, 4) is 6.07 Å². The topological polar surface area (TPSA) is 54.5 Å². The molecular weight excluding hydrogens is 232 g/mol. The molecule has 0 unspecified atom stereocenters. The zero-order chi connectivity index (χ0) is 12.3. The molecule has 4 nitrogen and oxygen atoms in total. The molecule has 2 aromatic rings. The Bertz CT molecular complexity index is 536. The van der Waals surface area contributed by atoms with Crippen LogP contribution in [0.25, 0.3) is 0 Å². The Kier molecular flexibility index (Phi) is 3.45. The van der Waals surface area contributed by atoms with Crippen LogP contribution < -0.4 is 0 Å². The van der Waals surface area contributed by atoms with Crippen LogP contribution in [0, 0.1) is 11.3 Å². The van der Waals surface area contributed by atoms with Gasteiger partial charge in [-0.05, 0) is 24.6 Å². The van der Waals surface area contributed by atoms with Gasteiger partial charge in [0.05, 0.1) is 23.9 Å². The molecule has 0 spiro atoms. The number of nitrogens with zero attached hydrogens (tertiary/aromatic N) is 4. The molecule has 5 heteroatoms. The number of thiol groups is 1. The SMILES string of the molecule is C[C@H](S)c1cn(Cc2ccc(C#N)cc2)nn1. The summed E-state index contributed by atoms with van der Waals surface area (Å²) in [5.41, 5.74) is 2.62. The van der Waals surface area contributed by atoms with E-state index in [2.05, 4.69) is 29.0 Å². The molecule has 0 fully saturated rings. The maximum Gasteiger partial charge on any atom is 0.0991 e. The molecule has 1 heterocycles. The fourth-order valence-corrected chi connectivity index (χ4v) is 1.57. The molecule has 1 aromatic carbocycles. The van der Waals surface area contributed by atoms with E-state index in [1.54, 1.807) is 16.8 Å². The minimum Gasteiger partial charge on any atom is -0.248 e. The summed E-state index contributed by atoms with van der Waals surface area (Å²) in [6, 6.07) is 9.53. The minimum atomic E-state index is 0.0877. The lowest BCUT2D eigenvalue weighted by Crippen LogP contribution is -2.00. The smallest absolute Gasteiger partial charge is 0.0991 e. The lowest BCUT2D eigenvalue weighted by Gasteiger charge is -2.00. The molecule has 1 atom stereocenters.